The fourth-order valence-electron chi connectivity index (χ4n) is 2.04. The van der Waals surface area contributed by atoms with Crippen LogP contribution in [0.25, 0.3) is 0 Å². The predicted molar refractivity (Wildman–Crippen MR) is 67.9 cm³/mol. The standard InChI is InChI=1S/C13H16O8/c14-4-6-2-1-3-7(16)12(6)21-13-11(19)10(18)9(17)8(5-15)20-13/h1-4,8-11,13,15-19H,5H2/t8-,9-,10-,11-,13+/m1/s1. The van der Waals surface area contributed by atoms with E-state index >= 15 is 0 Å². The van der Waals surface area contributed by atoms with Gasteiger partial charge >= 0.3 is 0 Å². The third-order valence-electron chi connectivity index (χ3n) is 3.23. The van der Waals surface area contributed by atoms with Crippen LogP contribution in [0.5, 0.6) is 11.5 Å². The molecule has 1 aromatic carbocycles. The van der Waals surface area contributed by atoms with E-state index in [1.54, 1.807) is 0 Å². The van der Waals surface area contributed by atoms with Crippen LogP contribution in [-0.2, 0) is 4.74 Å². The Balaban J connectivity index is 2.24. The Morgan fingerprint density at radius 3 is 2.52 bits per heavy atom. The van der Waals surface area contributed by atoms with Crippen molar-refractivity contribution in [1.29, 1.82) is 0 Å². The fraction of sp³-hybridized carbons (Fsp3) is 0.462. The second-order valence-electron chi connectivity index (χ2n) is 4.63. The average molecular weight is 300 g/mol. The molecular formula is C13H16O8. The van der Waals surface area contributed by atoms with Gasteiger partial charge in [0.15, 0.2) is 17.8 Å². The van der Waals surface area contributed by atoms with Gasteiger partial charge < -0.3 is 35.0 Å². The number of ether oxygens (including phenoxy) is 2. The molecule has 0 amide bonds. The van der Waals surface area contributed by atoms with Crippen LogP contribution in [0.2, 0.25) is 0 Å². The summed E-state index contributed by atoms with van der Waals surface area (Å²) in [6.07, 6.45) is -6.90. The van der Waals surface area contributed by atoms with Crippen LogP contribution in [0.1, 0.15) is 10.4 Å². The van der Waals surface area contributed by atoms with Crippen molar-refractivity contribution < 1.29 is 39.8 Å². The second kappa shape index (κ2) is 6.37. The van der Waals surface area contributed by atoms with E-state index in [1.165, 1.54) is 18.2 Å². The summed E-state index contributed by atoms with van der Waals surface area (Å²) in [5.41, 5.74) is 0.0203. The zero-order chi connectivity index (χ0) is 15.6. The SMILES string of the molecule is O=Cc1cccc(O)c1O[C@@H]1O[C@H](CO)[C@@H](O)[C@@H](O)[C@H]1O. The molecule has 1 aliphatic heterocycles. The van der Waals surface area contributed by atoms with E-state index in [0.717, 1.165) is 0 Å². The summed E-state index contributed by atoms with van der Waals surface area (Å²) in [6.45, 7) is -0.605. The molecule has 1 aliphatic rings. The molecule has 1 fully saturated rings. The van der Waals surface area contributed by atoms with E-state index in [0.29, 0.717) is 6.29 Å². The predicted octanol–water partition coefficient (Wildman–Crippen LogP) is -1.62. The summed E-state index contributed by atoms with van der Waals surface area (Å²) in [5.74, 6) is -0.576. The van der Waals surface area contributed by atoms with E-state index in [-0.39, 0.29) is 17.1 Å². The van der Waals surface area contributed by atoms with Gasteiger partial charge in [0.1, 0.15) is 24.4 Å². The van der Waals surface area contributed by atoms with E-state index in [9.17, 15) is 25.2 Å². The number of para-hydroxylation sites is 1. The molecule has 5 N–H and O–H groups in total. The van der Waals surface area contributed by atoms with Gasteiger partial charge in [-0.1, -0.05) is 6.07 Å². The number of hydrogen-bond donors (Lipinski definition) is 5. The van der Waals surface area contributed by atoms with Crippen molar-refractivity contribution in [3.8, 4) is 11.5 Å². The van der Waals surface area contributed by atoms with E-state index in [1.807, 2.05) is 0 Å². The summed E-state index contributed by atoms with van der Waals surface area (Å²) < 4.78 is 10.4. The molecule has 0 radical (unpaired) electrons. The Morgan fingerprint density at radius 2 is 1.90 bits per heavy atom. The molecular weight excluding hydrogens is 284 g/mol. The number of hydrogen-bond acceptors (Lipinski definition) is 8. The lowest BCUT2D eigenvalue weighted by Crippen LogP contribution is -2.60. The number of aldehydes is 1. The second-order valence-corrected chi connectivity index (χ2v) is 4.63. The first-order valence-corrected chi connectivity index (χ1v) is 6.24. The van der Waals surface area contributed by atoms with Crippen LogP contribution in [0.3, 0.4) is 0 Å². The molecule has 1 heterocycles. The van der Waals surface area contributed by atoms with Gasteiger partial charge in [0, 0.05) is 0 Å². The number of phenols is 1. The molecule has 1 saturated heterocycles. The molecule has 1 aromatic rings. The molecule has 0 aliphatic carbocycles. The van der Waals surface area contributed by atoms with E-state index < -0.39 is 37.3 Å². The number of carbonyl (C=O) groups is 1. The van der Waals surface area contributed by atoms with Gasteiger partial charge in [0.05, 0.1) is 12.2 Å². The zero-order valence-electron chi connectivity index (χ0n) is 10.9. The van der Waals surface area contributed by atoms with Crippen molar-refractivity contribution in [1.82, 2.24) is 0 Å². The Kier molecular flexibility index (Phi) is 4.76. The normalized spacial score (nSPS) is 32.7. The maximum absolute atomic E-state index is 10.9. The largest absolute Gasteiger partial charge is 0.504 e. The molecule has 116 valence electrons. The van der Waals surface area contributed by atoms with Gasteiger partial charge in [0.25, 0.3) is 0 Å². The van der Waals surface area contributed by atoms with Gasteiger partial charge in [-0.05, 0) is 12.1 Å². The van der Waals surface area contributed by atoms with Gasteiger partial charge in [-0.15, -0.1) is 0 Å². The lowest BCUT2D eigenvalue weighted by Gasteiger charge is -2.39. The highest BCUT2D eigenvalue weighted by atomic mass is 16.7. The third-order valence-corrected chi connectivity index (χ3v) is 3.23. The van der Waals surface area contributed by atoms with Crippen molar-refractivity contribution in [2.45, 2.75) is 30.7 Å². The first kappa shape index (κ1) is 15.7. The molecule has 8 nitrogen and oxygen atoms in total. The highest BCUT2D eigenvalue weighted by Gasteiger charge is 2.45. The summed E-state index contributed by atoms with van der Waals surface area (Å²) in [7, 11) is 0. The Labute approximate surface area is 119 Å². The van der Waals surface area contributed by atoms with Crippen LogP contribution in [0.15, 0.2) is 18.2 Å². The van der Waals surface area contributed by atoms with Crippen LogP contribution in [0.4, 0.5) is 0 Å². The number of phenolic OH excluding ortho intramolecular Hbond substituents is 1. The van der Waals surface area contributed by atoms with E-state index in [2.05, 4.69) is 0 Å². The minimum Gasteiger partial charge on any atom is -0.504 e. The smallest absolute Gasteiger partial charge is 0.229 e. The minimum atomic E-state index is -1.62. The number of carbonyl (C=O) groups excluding carboxylic acids is 1. The van der Waals surface area contributed by atoms with Gasteiger partial charge in [0.2, 0.25) is 6.29 Å². The molecule has 0 bridgehead atoms. The zero-order valence-corrected chi connectivity index (χ0v) is 10.9. The average Bonchev–Trinajstić information content (AvgIpc) is 2.49. The summed E-state index contributed by atoms with van der Waals surface area (Å²) in [4.78, 5) is 10.9. The third kappa shape index (κ3) is 2.99. The Bertz CT molecular complexity index is 503. The Hall–Kier alpha value is -1.71. The Morgan fingerprint density at radius 1 is 1.19 bits per heavy atom. The molecule has 0 saturated carbocycles. The van der Waals surface area contributed by atoms with Crippen molar-refractivity contribution in [2.24, 2.45) is 0 Å². The molecule has 8 heteroatoms. The van der Waals surface area contributed by atoms with Gasteiger partial charge in [-0.3, -0.25) is 4.79 Å². The molecule has 5 atom stereocenters. The molecule has 2 rings (SSSR count). The maximum atomic E-state index is 10.9. The van der Waals surface area contributed by atoms with Gasteiger partial charge in [-0.25, -0.2) is 0 Å². The molecule has 0 spiro atoms. The van der Waals surface area contributed by atoms with Crippen LogP contribution in [0, 0.1) is 0 Å². The summed E-state index contributed by atoms with van der Waals surface area (Å²) in [6, 6.07) is 4.08. The summed E-state index contributed by atoms with van der Waals surface area (Å²) in [5, 5.41) is 47.9. The molecule has 21 heavy (non-hydrogen) atoms. The molecule has 0 unspecified atom stereocenters. The van der Waals surface area contributed by atoms with Crippen molar-refractivity contribution in [3.63, 3.8) is 0 Å². The monoisotopic (exact) mass is 300 g/mol. The quantitative estimate of drug-likeness (QED) is 0.419. The number of aliphatic hydroxyl groups is 4. The number of rotatable bonds is 4. The number of benzene rings is 1. The summed E-state index contributed by atoms with van der Waals surface area (Å²) >= 11 is 0. The van der Waals surface area contributed by atoms with Crippen LogP contribution in [-0.4, -0.2) is 69.1 Å². The maximum Gasteiger partial charge on any atom is 0.229 e. The van der Waals surface area contributed by atoms with Gasteiger partial charge in [-0.2, -0.15) is 0 Å². The van der Waals surface area contributed by atoms with Crippen molar-refractivity contribution in [2.75, 3.05) is 6.61 Å². The lowest BCUT2D eigenvalue weighted by molar-refractivity contribution is -0.277. The highest BCUT2D eigenvalue weighted by molar-refractivity contribution is 5.81. The molecule has 0 aromatic heterocycles. The highest BCUT2D eigenvalue weighted by Crippen LogP contribution is 2.32. The topological polar surface area (TPSA) is 137 Å². The van der Waals surface area contributed by atoms with Crippen molar-refractivity contribution >= 4 is 6.29 Å². The number of aliphatic hydroxyl groups excluding tert-OH is 4. The van der Waals surface area contributed by atoms with Crippen LogP contribution < -0.4 is 4.74 Å². The first-order valence-electron chi connectivity index (χ1n) is 6.24. The minimum absolute atomic E-state index is 0.0203. The number of aromatic hydroxyl groups is 1. The fourth-order valence-corrected chi connectivity index (χ4v) is 2.04. The van der Waals surface area contributed by atoms with Crippen molar-refractivity contribution in [3.05, 3.63) is 23.8 Å². The van der Waals surface area contributed by atoms with E-state index in [4.69, 9.17) is 14.6 Å². The lowest BCUT2D eigenvalue weighted by atomic mass is 9.99. The van der Waals surface area contributed by atoms with Crippen LogP contribution >= 0.6 is 0 Å². The first-order chi connectivity index (χ1) is 9.99.